The number of phenolic OH excluding ortho intramolecular Hbond substituents is 1. The highest BCUT2D eigenvalue weighted by Crippen LogP contribution is 2.34. The summed E-state index contributed by atoms with van der Waals surface area (Å²) in [6.07, 6.45) is 3.18. The second kappa shape index (κ2) is 7.48. The van der Waals surface area contributed by atoms with Crippen LogP contribution in [0.5, 0.6) is 5.75 Å². The molecule has 1 N–H and O–H groups in total. The third-order valence-corrected chi connectivity index (χ3v) is 5.04. The number of hydrogen-bond acceptors (Lipinski definition) is 5. The molecule has 0 aliphatic carbocycles. The zero-order valence-corrected chi connectivity index (χ0v) is 15.2. The van der Waals surface area contributed by atoms with E-state index in [2.05, 4.69) is 9.88 Å². The molecule has 140 valence electrons. The zero-order valence-electron chi connectivity index (χ0n) is 15.2. The minimum Gasteiger partial charge on any atom is -0.507 e. The van der Waals surface area contributed by atoms with Crippen LogP contribution < -0.4 is 4.90 Å². The molecule has 3 aromatic rings. The van der Waals surface area contributed by atoms with Gasteiger partial charge >= 0.3 is 0 Å². The van der Waals surface area contributed by atoms with Crippen LogP contribution >= 0.6 is 0 Å². The highest BCUT2D eigenvalue weighted by atomic mass is 19.1. The summed E-state index contributed by atoms with van der Waals surface area (Å²) in [6.45, 7) is 1.42. The lowest BCUT2D eigenvalue weighted by Crippen LogP contribution is -2.43. The molecule has 1 saturated heterocycles. The number of halogens is 1. The van der Waals surface area contributed by atoms with E-state index in [-0.39, 0.29) is 17.6 Å². The van der Waals surface area contributed by atoms with Crippen LogP contribution in [-0.4, -0.2) is 41.4 Å². The average molecular weight is 367 g/mol. The molecule has 2 aromatic carbocycles. The Bertz CT molecular complexity index is 961. The van der Waals surface area contributed by atoms with E-state index in [9.17, 15) is 9.50 Å². The number of hydrogen-bond donors (Lipinski definition) is 1. The van der Waals surface area contributed by atoms with Gasteiger partial charge in [0.15, 0.2) is 5.82 Å². The van der Waals surface area contributed by atoms with Gasteiger partial charge in [-0.05, 0) is 49.6 Å². The first-order valence-corrected chi connectivity index (χ1v) is 9.18. The van der Waals surface area contributed by atoms with Gasteiger partial charge in [0.2, 0.25) is 0 Å². The molecule has 1 aliphatic rings. The first kappa shape index (κ1) is 17.7. The van der Waals surface area contributed by atoms with E-state index in [1.807, 2.05) is 6.07 Å². The minimum absolute atomic E-state index is 0.122. The quantitative estimate of drug-likeness (QED) is 0.751. The standard InChI is InChI=1S/C21H22FN3O2/c1-27-13-15-6-4-5-11-25(15)21-17-12-14(22)9-10-18(17)23-20(24-21)16-7-2-3-8-19(16)26/h2-3,7-10,12,15,26H,4-6,11,13H2,1H3. The van der Waals surface area contributed by atoms with Crippen molar-refractivity contribution >= 4 is 16.7 Å². The van der Waals surface area contributed by atoms with Gasteiger partial charge in [0.25, 0.3) is 0 Å². The maximum absolute atomic E-state index is 14.0. The Morgan fingerprint density at radius 2 is 2.04 bits per heavy atom. The number of aromatic hydroxyl groups is 1. The molecule has 0 amide bonds. The molecule has 0 radical (unpaired) electrons. The fourth-order valence-corrected chi connectivity index (χ4v) is 3.73. The molecule has 6 heteroatoms. The van der Waals surface area contributed by atoms with Crippen molar-refractivity contribution in [3.05, 3.63) is 48.3 Å². The Hall–Kier alpha value is -2.73. The Morgan fingerprint density at radius 1 is 1.19 bits per heavy atom. The number of aromatic nitrogens is 2. The van der Waals surface area contributed by atoms with Crippen LogP contribution in [0.15, 0.2) is 42.5 Å². The minimum atomic E-state index is -0.317. The van der Waals surface area contributed by atoms with Gasteiger partial charge in [0.1, 0.15) is 17.4 Å². The van der Waals surface area contributed by atoms with Gasteiger partial charge in [-0.25, -0.2) is 14.4 Å². The second-order valence-corrected chi connectivity index (χ2v) is 6.85. The molecular formula is C21H22FN3O2. The highest BCUT2D eigenvalue weighted by Gasteiger charge is 2.26. The van der Waals surface area contributed by atoms with Crippen LogP contribution in [0.1, 0.15) is 19.3 Å². The number of anilines is 1. The molecule has 0 saturated carbocycles. The molecule has 1 aliphatic heterocycles. The Morgan fingerprint density at radius 3 is 2.85 bits per heavy atom. The summed E-state index contributed by atoms with van der Waals surface area (Å²) in [5.74, 6) is 0.934. The molecule has 5 nitrogen and oxygen atoms in total. The van der Waals surface area contributed by atoms with Crippen LogP contribution in [0.25, 0.3) is 22.3 Å². The van der Waals surface area contributed by atoms with Gasteiger partial charge in [0, 0.05) is 19.0 Å². The third-order valence-electron chi connectivity index (χ3n) is 5.04. The lowest BCUT2D eigenvalue weighted by atomic mass is 10.0. The van der Waals surface area contributed by atoms with Crippen molar-refractivity contribution in [2.75, 3.05) is 25.2 Å². The van der Waals surface area contributed by atoms with Crippen LogP contribution in [-0.2, 0) is 4.74 Å². The fourth-order valence-electron chi connectivity index (χ4n) is 3.73. The maximum Gasteiger partial charge on any atom is 0.165 e. The Labute approximate surface area is 157 Å². The van der Waals surface area contributed by atoms with Crippen molar-refractivity contribution in [3.8, 4) is 17.1 Å². The number of methoxy groups -OCH3 is 1. The molecule has 2 heterocycles. The molecule has 0 bridgehead atoms. The predicted octanol–water partition coefficient (Wildman–Crippen LogP) is 4.15. The van der Waals surface area contributed by atoms with Gasteiger partial charge in [0.05, 0.1) is 23.7 Å². The normalized spacial score (nSPS) is 17.4. The zero-order chi connectivity index (χ0) is 18.8. The second-order valence-electron chi connectivity index (χ2n) is 6.85. The predicted molar refractivity (Wildman–Crippen MR) is 103 cm³/mol. The SMILES string of the molecule is COCC1CCCCN1c1nc(-c2ccccc2O)nc2ccc(F)cc12. The van der Waals surface area contributed by atoms with E-state index in [0.717, 1.165) is 25.8 Å². The highest BCUT2D eigenvalue weighted by molar-refractivity contribution is 5.91. The van der Waals surface area contributed by atoms with Crippen molar-refractivity contribution in [2.24, 2.45) is 0 Å². The monoisotopic (exact) mass is 367 g/mol. The number of nitrogens with zero attached hydrogens (tertiary/aromatic N) is 3. The van der Waals surface area contributed by atoms with E-state index in [1.165, 1.54) is 12.1 Å². The lowest BCUT2D eigenvalue weighted by molar-refractivity contribution is 0.166. The summed E-state index contributed by atoms with van der Waals surface area (Å²) in [5, 5.41) is 10.9. The number of ether oxygens (including phenoxy) is 1. The molecule has 4 rings (SSSR count). The first-order valence-electron chi connectivity index (χ1n) is 9.18. The smallest absolute Gasteiger partial charge is 0.165 e. The molecule has 1 atom stereocenters. The van der Waals surface area contributed by atoms with Crippen molar-refractivity contribution in [3.63, 3.8) is 0 Å². The van der Waals surface area contributed by atoms with Gasteiger partial charge in [-0.3, -0.25) is 0 Å². The maximum atomic E-state index is 14.0. The molecular weight excluding hydrogens is 345 g/mol. The van der Waals surface area contributed by atoms with Crippen molar-refractivity contribution in [1.82, 2.24) is 9.97 Å². The van der Waals surface area contributed by atoms with Crippen LogP contribution in [0.4, 0.5) is 10.2 Å². The fraction of sp³-hybridized carbons (Fsp3) is 0.333. The molecule has 1 unspecified atom stereocenters. The van der Waals surface area contributed by atoms with Crippen LogP contribution in [0, 0.1) is 5.82 Å². The molecule has 1 aromatic heterocycles. The van der Waals surface area contributed by atoms with E-state index < -0.39 is 0 Å². The summed E-state index contributed by atoms with van der Waals surface area (Å²) in [5.41, 5.74) is 1.21. The summed E-state index contributed by atoms with van der Waals surface area (Å²) in [6, 6.07) is 11.7. The van der Waals surface area contributed by atoms with Crippen molar-refractivity contribution < 1.29 is 14.2 Å². The first-order chi connectivity index (χ1) is 13.2. The van der Waals surface area contributed by atoms with Crippen molar-refractivity contribution in [1.29, 1.82) is 0 Å². The van der Waals surface area contributed by atoms with Crippen LogP contribution in [0.3, 0.4) is 0 Å². The molecule has 0 spiro atoms. The average Bonchev–Trinajstić information content (AvgIpc) is 2.68. The van der Waals surface area contributed by atoms with E-state index >= 15 is 0 Å². The number of para-hydroxylation sites is 1. The van der Waals surface area contributed by atoms with Gasteiger partial charge < -0.3 is 14.7 Å². The number of benzene rings is 2. The van der Waals surface area contributed by atoms with E-state index in [1.54, 1.807) is 31.4 Å². The summed E-state index contributed by atoms with van der Waals surface area (Å²) < 4.78 is 19.4. The summed E-state index contributed by atoms with van der Waals surface area (Å²) >= 11 is 0. The Balaban J connectivity index is 1.91. The lowest BCUT2D eigenvalue weighted by Gasteiger charge is -2.37. The Kier molecular flexibility index (Phi) is 4.90. The molecule has 1 fully saturated rings. The molecule has 27 heavy (non-hydrogen) atoms. The van der Waals surface area contributed by atoms with Crippen molar-refractivity contribution in [2.45, 2.75) is 25.3 Å². The number of piperidine rings is 1. The summed E-state index contributed by atoms with van der Waals surface area (Å²) in [4.78, 5) is 11.5. The van der Waals surface area contributed by atoms with Gasteiger partial charge in [-0.15, -0.1) is 0 Å². The summed E-state index contributed by atoms with van der Waals surface area (Å²) in [7, 11) is 1.69. The van der Waals surface area contributed by atoms with E-state index in [4.69, 9.17) is 9.72 Å². The van der Waals surface area contributed by atoms with Gasteiger partial charge in [-0.1, -0.05) is 12.1 Å². The number of phenols is 1. The topological polar surface area (TPSA) is 58.5 Å². The number of fused-ring (bicyclic) bond motifs is 1. The van der Waals surface area contributed by atoms with Crippen LogP contribution in [0.2, 0.25) is 0 Å². The van der Waals surface area contributed by atoms with Gasteiger partial charge in [-0.2, -0.15) is 0 Å². The largest absolute Gasteiger partial charge is 0.507 e. The van der Waals surface area contributed by atoms with E-state index in [0.29, 0.717) is 34.7 Å². The number of rotatable bonds is 4. The third kappa shape index (κ3) is 3.45.